The fourth-order valence-electron chi connectivity index (χ4n) is 0.625. The average molecular weight is 203 g/mol. The first-order valence-electron chi connectivity index (χ1n) is 3.20. The van der Waals surface area contributed by atoms with Crippen LogP contribution in [0.25, 0.3) is 0 Å². The summed E-state index contributed by atoms with van der Waals surface area (Å²) in [5, 5.41) is 3.22. The van der Waals surface area contributed by atoms with E-state index >= 15 is 0 Å². The van der Waals surface area contributed by atoms with E-state index in [0.29, 0.717) is 0 Å². The molecule has 1 aliphatic heterocycles. The van der Waals surface area contributed by atoms with Crippen molar-refractivity contribution < 1.29 is 4.79 Å². The maximum atomic E-state index is 9.22. The molecule has 3 nitrogen and oxygen atoms in total. The Balaban J connectivity index is -0.000000101. The maximum absolute atomic E-state index is 9.22. The van der Waals surface area contributed by atoms with Gasteiger partial charge in [0.2, 0.25) is 5.91 Å². The van der Waals surface area contributed by atoms with Gasteiger partial charge < -0.3 is 11.1 Å². The normalized spacial score (nSPS) is 13.2. The molecule has 1 fully saturated rings. The lowest BCUT2D eigenvalue weighted by Crippen LogP contribution is -2.03. The Morgan fingerprint density at radius 1 is 1.27 bits per heavy atom. The van der Waals surface area contributed by atoms with Crippen molar-refractivity contribution >= 4 is 30.7 Å². The number of hydrogen-bond acceptors (Lipinski definition) is 2. The zero-order chi connectivity index (χ0) is 7.11. The Morgan fingerprint density at radius 2 is 1.55 bits per heavy atom. The third-order valence-electron chi connectivity index (χ3n) is 0.957. The van der Waals surface area contributed by atoms with Crippen molar-refractivity contribution in [1.82, 2.24) is 5.32 Å². The third kappa shape index (κ3) is 25.6. The molecule has 0 aromatic rings. The van der Waals surface area contributed by atoms with Crippen LogP contribution in [0.4, 0.5) is 0 Å². The number of nitrogens with one attached hydrogen (secondary N) is 1. The van der Waals surface area contributed by atoms with Crippen LogP contribution in [0.2, 0.25) is 0 Å². The Kier molecular flexibility index (Phi) is 19.8. The van der Waals surface area contributed by atoms with Crippen molar-refractivity contribution in [2.75, 3.05) is 13.1 Å². The second-order valence-electron chi connectivity index (χ2n) is 2.07. The molecule has 0 aliphatic carbocycles. The van der Waals surface area contributed by atoms with Gasteiger partial charge in [-0.15, -0.1) is 24.8 Å². The monoisotopic (exact) mass is 202 g/mol. The lowest BCUT2D eigenvalue weighted by atomic mass is 10.4. The van der Waals surface area contributed by atoms with Gasteiger partial charge in [0.05, 0.1) is 0 Å². The third-order valence-corrected chi connectivity index (χ3v) is 0.957. The Hall–Kier alpha value is 0.01000. The van der Waals surface area contributed by atoms with E-state index in [2.05, 4.69) is 11.1 Å². The molecular weight excluding hydrogens is 187 g/mol. The molecule has 1 aliphatic rings. The maximum Gasteiger partial charge on any atom is 0.214 e. The molecule has 0 radical (unpaired) electrons. The summed E-state index contributed by atoms with van der Waals surface area (Å²) in [5.41, 5.74) is 4.47. The molecule has 70 valence electrons. The van der Waals surface area contributed by atoms with Gasteiger partial charge in [-0.05, 0) is 25.9 Å². The molecule has 0 aromatic heterocycles. The summed E-state index contributed by atoms with van der Waals surface area (Å²) in [6.45, 7) is 3.81. The number of halogens is 2. The topological polar surface area (TPSA) is 55.1 Å². The Labute approximate surface area is 79.9 Å². The van der Waals surface area contributed by atoms with Gasteiger partial charge in [0.15, 0.2) is 0 Å². The highest BCUT2D eigenvalue weighted by Gasteiger charge is 1.93. The van der Waals surface area contributed by atoms with Gasteiger partial charge in [0, 0.05) is 6.92 Å². The molecule has 1 amide bonds. The van der Waals surface area contributed by atoms with Crippen LogP contribution in [0.1, 0.15) is 19.8 Å². The second-order valence-corrected chi connectivity index (χ2v) is 2.07. The van der Waals surface area contributed by atoms with Crippen molar-refractivity contribution in [1.29, 1.82) is 0 Å². The SMILES string of the molecule is C1CCNC1.CC(N)=O.Cl.Cl. The van der Waals surface area contributed by atoms with E-state index in [1.165, 1.54) is 32.9 Å². The van der Waals surface area contributed by atoms with Gasteiger partial charge in [-0.3, -0.25) is 4.79 Å². The quantitative estimate of drug-likeness (QED) is 0.609. The van der Waals surface area contributed by atoms with E-state index in [1.54, 1.807) is 0 Å². The summed E-state index contributed by atoms with van der Waals surface area (Å²) in [5.74, 6) is -0.333. The molecule has 1 rings (SSSR count). The summed E-state index contributed by atoms with van der Waals surface area (Å²) >= 11 is 0. The van der Waals surface area contributed by atoms with Crippen LogP contribution in [-0.2, 0) is 4.79 Å². The van der Waals surface area contributed by atoms with Crippen LogP contribution in [0, 0.1) is 0 Å². The highest BCUT2D eigenvalue weighted by molar-refractivity contribution is 5.85. The molecule has 1 heterocycles. The zero-order valence-electron chi connectivity index (χ0n) is 6.63. The minimum absolute atomic E-state index is 0. The van der Waals surface area contributed by atoms with E-state index in [0.717, 1.165) is 0 Å². The molecule has 3 N–H and O–H groups in total. The number of carbonyl (C=O) groups excluding carboxylic acids is 1. The standard InChI is InChI=1S/C4H9N.C2H5NO.2ClH/c1-2-4-5-3-1;1-2(3)4;;/h5H,1-4H2;1H3,(H2,3,4);2*1H. The van der Waals surface area contributed by atoms with Crippen LogP contribution in [0.3, 0.4) is 0 Å². The van der Waals surface area contributed by atoms with E-state index in [-0.39, 0.29) is 30.7 Å². The largest absolute Gasteiger partial charge is 0.370 e. The van der Waals surface area contributed by atoms with Crippen molar-refractivity contribution in [3.8, 4) is 0 Å². The van der Waals surface area contributed by atoms with Crippen molar-refractivity contribution in [2.45, 2.75) is 19.8 Å². The molecule has 0 aromatic carbocycles. The molecule has 5 heteroatoms. The average Bonchev–Trinajstić information content (AvgIpc) is 2.11. The van der Waals surface area contributed by atoms with Crippen molar-refractivity contribution in [3.05, 3.63) is 0 Å². The number of hydrogen-bond donors (Lipinski definition) is 2. The number of carbonyl (C=O) groups is 1. The van der Waals surface area contributed by atoms with Crippen LogP contribution >= 0.6 is 24.8 Å². The first-order valence-corrected chi connectivity index (χ1v) is 3.20. The predicted octanol–water partition coefficient (Wildman–Crippen LogP) is 0.705. The molecule has 0 atom stereocenters. The minimum atomic E-state index is -0.333. The lowest BCUT2D eigenvalue weighted by Gasteiger charge is -1.76. The first kappa shape index (κ1) is 17.2. The van der Waals surface area contributed by atoms with Gasteiger partial charge >= 0.3 is 0 Å². The van der Waals surface area contributed by atoms with Gasteiger partial charge in [0.25, 0.3) is 0 Å². The lowest BCUT2D eigenvalue weighted by molar-refractivity contribution is -0.115. The number of nitrogens with two attached hydrogens (primary N) is 1. The van der Waals surface area contributed by atoms with Crippen LogP contribution in [0.5, 0.6) is 0 Å². The first-order chi connectivity index (χ1) is 4.23. The molecule has 0 bridgehead atoms. The fourth-order valence-corrected chi connectivity index (χ4v) is 0.625. The Bertz CT molecular complexity index is 75.0. The summed E-state index contributed by atoms with van der Waals surface area (Å²) in [6.07, 6.45) is 2.78. The Morgan fingerprint density at radius 3 is 1.64 bits per heavy atom. The minimum Gasteiger partial charge on any atom is -0.370 e. The highest BCUT2D eigenvalue weighted by atomic mass is 35.5. The van der Waals surface area contributed by atoms with Crippen LogP contribution in [-0.4, -0.2) is 19.0 Å². The van der Waals surface area contributed by atoms with Crippen LogP contribution in [0.15, 0.2) is 0 Å². The smallest absolute Gasteiger partial charge is 0.214 e. The summed E-state index contributed by atoms with van der Waals surface area (Å²) in [7, 11) is 0. The molecule has 11 heavy (non-hydrogen) atoms. The highest BCUT2D eigenvalue weighted by Crippen LogP contribution is 1.90. The molecule has 0 unspecified atom stereocenters. The molecular formula is C6H16Cl2N2O. The summed E-state index contributed by atoms with van der Waals surface area (Å²) in [4.78, 5) is 9.22. The van der Waals surface area contributed by atoms with Gasteiger partial charge in [-0.2, -0.15) is 0 Å². The summed E-state index contributed by atoms with van der Waals surface area (Å²) in [6, 6.07) is 0. The van der Waals surface area contributed by atoms with Gasteiger partial charge in [-0.25, -0.2) is 0 Å². The van der Waals surface area contributed by atoms with Crippen molar-refractivity contribution in [2.24, 2.45) is 5.73 Å². The number of primary amides is 1. The van der Waals surface area contributed by atoms with Crippen molar-refractivity contribution in [3.63, 3.8) is 0 Å². The zero-order valence-corrected chi connectivity index (χ0v) is 8.26. The van der Waals surface area contributed by atoms with Gasteiger partial charge in [-0.1, -0.05) is 0 Å². The van der Waals surface area contributed by atoms with E-state index in [4.69, 9.17) is 0 Å². The van der Waals surface area contributed by atoms with Gasteiger partial charge in [0.1, 0.15) is 0 Å². The second kappa shape index (κ2) is 12.7. The van der Waals surface area contributed by atoms with E-state index < -0.39 is 0 Å². The molecule has 1 saturated heterocycles. The summed E-state index contributed by atoms with van der Waals surface area (Å²) < 4.78 is 0. The molecule has 0 saturated carbocycles. The van der Waals surface area contributed by atoms with E-state index in [9.17, 15) is 4.79 Å². The number of amides is 1. The van der Waals surface area contributed by atoms with Crippen LogP contribution < -0.4 is 11.1 Å². The predicted molar refractivity (Wildman–Crippen MR) is 51.5 cm³/mol. The molecule has 0 spiro atoms. The fraction of sp³-hybridized carbons (Fsp3) is 0.833. The van der Waals surface area contributed by atoms with E-state index in [1.807, 2.05) is 0 Å². The number of rotatable bonds is 0.